The summed E-state index contributed by atoms with van der Waals surface area (Å²) in [4.78, 5) is 15.2. The van der Waals surface area contributed by atoms with Crippen LogP contribution in [-0.2, 0) is 17.3 Å². The highest BCUT2D eigenvalue weighted by molar-refractivity contribution is 7.84. The number of carboxylic acid groups (broad SMARTS) is 1. The Balaban J connectivity index is 2.49. The number of nitrogens with zero attached hydrogens (tertiary/aromatic N) is 2. The standard InChI is InChI=1S/C11H12N2O3S/c1-17(16)6-5-13-7-12-9-4-2-3-8(10(9)13)11(14)15/h2-4,7H,5-6H2,1H3,(H,14,15). The Morgan fingerprint density at radius 3 is 2.94 bits per heavy atom. The Hall–Kier alpha value is -1.69. The summed E-state index contributed by atoms with van der Waals surface area (Å²) < 4.78 is 12.8. The average Bonchev–Trinajstić information content (AvgIpc) is 2.69. The van der Waals surface area contributed by atoms with Crippen LogP contribution in [0.5, 0.6) is 0 Å². The van der Waals surface area contributed by atoms with E-state index in [-0.39, 0.29) is 5.56 Å². The van der Waals surface area contributed by atoms with Crippen LogP contribution in [0.15, 0.2) is 24.5 Å². The summed E-state index contributed by atoms with van der Waals surface area (Å²) in [7, 11) is -0.906. The monoisotopic (exact) mass is 252 g/mol. The van der Waals surface area contributed by atoms with E-state index >= 15 is 0 Å². The highest BCUT2D eigenvalue weighted by Gasteiger charge is 2.12. The highest BCUT2D eigenvalue weighted by Crippen LogP contribution is 2.17. The summed E-state index contributed by atoms with van der Waals surface area (Å²) >= 11 is 0. The van der Waals surface area contributed by atoms with Crippen molar-refractivity contribution in [2.24, 2.45) is 0 Å². The lowest BCUT2D eigenvalue weighted by Gasteiger charge is -2.04. The van der Waals surface area contributed by atoms with Gasteiger partial charge in [0.15, 0.2) is 0 Å². The van der Waals surface area contributed by atoms with Gasteiger partial charge in [0.1, 0.15) is 0 Å². The second-order valence-corrected chi connectivity index (χ2v) is 5.25. The first-order valence-corrected chi connectivity index (χ1v) is 6.79. The molecule has 0 aliphatic heterocycles. The third-order valence-corrected chi connectivity index (χ3v) is 3.25. The Bertz CT molecular complexity index is 591. The van der Waals surface area contributed by atoms with Crippen molar-refractivity contribution in [2.75, 3.05) is 12.0 Å². The summed E-state index contributed by atoms with van der Waals surface area (Å²) in [6.45, 7) is 0.504. The van der Waals surface area contributed by atoms with Crippen LogP contribution in [0.2, 0.25) is 0 Å². The van der Waals surface area contributed by atoms with Gasteiger partial charge in [-0.05, 0) is 12.1 Å². The summed E-state index contributed by atoms with van der Waals surface area (Å²) in [5.41, 5.74) is 1.46. The Kier molecular flexibility index (Phi) is 3.23. The second-order valence-electron chi connectivity index (χ2n) is 3.69. The van der Waals surface area contributed by atoms with E-state index in [2.05, 4.69) is 4.98 Å². The van der Waals surface area contributed by atoms with Crippen molar-refractivity contribution < 1.29 is 14.1 Å². The van der Waals surface area contributed by atoms with Crippen molar-refractivity contribution in [1.82, 2.24) is 9.55 Å². The first kappa shape index (κ1) is 11.8. The molecule has 0 fully saturated rings. The molecule has 0 spiro atoms. The molecule has 1 unspecified atom stereocenters. The van der Waals surface area contributed by atoms with Crippen molar-refractivity contribution in [2.45, 2.75) is 6.54 Å². The van der Waals surface area contributed by atoms with Gasteiger partial charge in [-0.1, -0.05) is 6.07 Å². The van der Waals surface area contributed by atoms with Crippen LogP contribution in [0, 0.1) is 0 Å². The first-order chi connectivity index (χ1) is 8.09. The molecule has 2 rings (SSSR count). The topological polar surface area (TPSA) is 72.2 Å². The number of rotatable bonds is 4. The molecule has 1 aromatic carbocycles. The number of carboxylic acids is 1. The van der Waals surface area contributed by atoms with E-state index in [4.69, 9.17) is 5.11 Å². The quantitative estimate of drug-likeness (QED) is 0.884. The molecule has 0 saturated heterocycles. The molecule has 0 aliphatic rings. The van der Waals surface area contributed by atoms with Crippen LogP contribution < -0.4 is 0 Å². The Labute approximate surface area is 101 Å². The van der Waals surface area contributed by atoms with Crippen LogP contribution in [0.25, 0.3) is 11.0 Å². The molecular weight excluding hydrogens is 240 g/mol. The SMILES string of the molecule is CS(=O)CCn1cnc2cccc(C(=O)O)c21. The fourth-order valence-corrected chi connectivity index (χ4v) is 2.15. The van der Waals surface area contributed by atoms with Crippen molar-refractivity contribution in [3.8, 4) is 0 Å². The number of fused-ring (bicyclic) bond motifs is 1. The fourth-order valence-electron chi connectivity index (χ4n) is 1.70. The molecule has 0 aliphatic carbocycles. The normalized spacial score (nSPS) is 12.8. The number of aryl methyl sites for hydroxylation is 1. The zero-order valence-corrected chi connectivity index (χ0v) is 10.1. The van der Waals surface area contributed by atoms with Crippen LogP contribution >= 0.6 is 0 Å². The van der Waals surface area contributed by atoms with Crippen molar-refractivity contribution in [1.29, 1.82) is 0 Å². The van der Waals surface area contributed by atoms with E-state index in [1.54, 1.807) is 35.3 Å². The van der Waals surface area contributed by atoms with Gasteiger partial charge in [0.2, 0.25) is 0 Å². The molecule has 1 aromatic heterocycles. The van der Waals surface area contributed by atoms with Gasteiger partial charge in [0.25, 0.3) is 0 Å². The fraction of sp³-hybridized carbons (Fsp3) is 0.273. The predicted octanol–water partition coefficient (Wildman–Crippen LogP) is 1.11. The summed E-state index contributed by atoms with van der Waals surface area (Å²) in [5.74, 6) is -0.491. The zero-order chi connectivity index (χ0) is 12.4. The smallest absolute Gasteiger partial charge is 0.337 e. The van der Waals surface area contributed by atoms with Gasteiger partial charge < -0.3 is 9.67 Å². The summed E-state index contributed by atoms with van der Waals surface area (Å²) in [5, 5.41) is 9.10. The number of aromatic nitrogens is 2. The molecule has 0 saturated carbocycles. The lowest BCUT2D eigenvalue weighted by molar-refractivity contribution is 0.0698. The van der Waals surface area contributed by atoms with Gasteiger partial charge in [0.05, 0.1) is 22.9 Å². The molecule has 0 amide bonds. The maximum absolute atomic E-state index is 11.1. The molecule has 17 heavy (non-hydrogen) atoms. The molecule has 2 aromatic rings. The minimum Gasteiger partial charge on any atom is -0.478 e. The number of aromatic carboxylic acids is 1. The number of carbonyl (C=O) groups is 1. The van der Waals surface area contributed by atoms with Gasteiger partial charge in [-0.15, -0.1) is 0 Å². The van der Waals surface area contributed by atoms with Gasteiger partial charge in [-0.2, -0.15) is 0 Å². The number of hydrogen-bond donors (Lipinski definition) is 1. The number of imidazole rings is 1. The summed E-state index contributed by atoms with van der Waals surface area (Å²) in [6, 6.07) is 4.98. The predicted molar refractivity (Wildman–Crippen MR) is 65.6 cm³/mol. The van der Waals surface area contributed by atoms with E-state index in [1.165, 1.54) is 0 Å². The molecule has 0 radical (unpaired) electrons. The number of para-hydroxylation sites is 1. The van der Waals surface area contributed by atoms with Crippen LogP contribution in [0.3, 0.4) is 0 Å². The maximum atomic E-state index is 11.1. The van der Waals surface area contributed by atoms with Crippen LogP contribution in [0.1, 0.15) is 10.4 Å². The molecule has 1 atom stereocenters. The van der Waals surface area contributed by atoms with E-state index in [0.717, 1.165) is 0 Å². The molecule has 6 heteroatoms. The van der Waals surface area contributed by atoms with Crippen LogP contribution in [-0.4, -0.2) is 36.8 Å². The molecule has 5 nitrogen and oxygen atoms in total. The van der Waals surface area contributed by atoms with Crippen molar-refractivity contribution in [3.05, 3.63) is 30.1 Å². The van der Waals surface area contributed by atoms with Gasteiger partial charge >= 0.3 is 5.97 Å². The van der Waals surface area contributed by atoms with Gasteiger partial charge in [-0.25, -0.2) is 9.78 Å². The average molecular weight is 252 g/mol. The summed E-state index contributed by atoms with van der Waals surface area (Å²) in [6.07, 6.45) is 3.21. The lowest BCUT2D eigenvalue weighted by atomic mass is 10.2. The van der Waals surface area contributed by atoms with Gasteiger partial charge in [0, 0.05) is 29.4 Å². The molecule has 0 bridgehead atoms. The van der Waals surface area contributed by atoms with E-state index in [0.29, 0.717) is 23.3 Å². The molecule has 1 N–H and O–H groups in total. The minimum atomic E-state index is -0.977. The highest BCUT2D eigenvalue weighted by atomic mass is 32.2. The largest absolute Gasteiger partial charge is 0.478 e. The minimum absolute atomic E-state index is 0.224. The third-order valence-electron chi connectivity index (χ3n) is 2.49. The first-order valence-electron chi connectivity index (χ1n) is 5.07. The number of benzene rings is 1. The molecular formula is C11H12N2O3S. The zero-order valence-electron chi connectivity index (χ0n) is 9.29. The second kappa shape index (κ2) is 4.67. The lowest BCUT2D eigenvalue weighted by Crippen LogP contribution is -2.08. The molecule has 1 heterocycles. The molecule has 90 valence electrons. The van der Waals surface area contributed by atoms with Gasteiger partial charge in [-0.3, -0.25) is 4.21 Å². The Morgan fingerprint density at radius 2 is 2.29 bits per heavy atom. The van der Waals surface area contributed by atoms with E-state index in [1.807, 2.05) is 0 Å². The third kappa shape index (κ3) is 2.36. The Morgan fingerprint density at radius 1 is 1.53 bits per heavy atom. The maximum Gasteiger partial charge on any atom is 0.337 e. The van der Waals surface area contributed by atoms with E-state index < -0.39 is 16.8 Å². The van der Waals surface area contributed by atoms with Crippen molar-refractivity contribution >= 4 is 27.8 Å². The van der Waals surface area contributed by atoms with E-state index in [9.17, 15) is 9.00 Å². The van der Waals surface area contributed by atoms with Crippen LogP contribution in [0.4, 0.5) is 0 Å². The van der Waals surface area contributed by atoms with Crippen molar-refractivity contribution in [3.63, 3.8) is 0 Å². The number of hydrogen-bond acceptors (Lipinski definition) is 3.